The smallest absolute Gasteiger partial charge is 0.337 e. The quantitative estimate of drug-likeness (QED) is 0.506. The van der Waals surface area contributed by atoms with E-state index in [2.05, 4.69) is 0 Å². The van der Waals surface area contributed by atoms with Crippen molar-refractivity contribution in [3.63, 3.8) is 0 Å². The molecule has 0 spiro atoms. The van der Waals surface area contributed by atoms with Gasteiger partial charge in [-0.3, -0.25) is 10.1 Å². The highest BCUT2D eigenvalue weighted by atomic mass is 32.2. The van der Waals surface area contributed by atoms with Crippen LogP contribution in [-0.4, -0.2) is 22.3 Å². The van der Waals surface area contributed by atoms with Gasteiger partial charge in [0.25, 0.3) is 5.69 Å². The molecule has 0 aromatic heterocycles. The molecule has 2 aromatic rings. The molecule has 0 saturated heterocycles. The first-order valence-electron chi connectivity index (χ1n) is 5.85. The Hall–Kier alpha value is -1.99. The number of carboxylic acids is 1. The van der Waals surface area contributed by atoms with E-state index in [1.807, 2.05) is 6.26 Å². The Labute approximate surface area is 129 Å². The molecular weight excluding hydrogens is 310 g/mol. The van der Waals surface area contributed by atoms with E-state index in [1.165, 1.54) is 35.7 Å². The van der Waals surface area contributed by atoms with Crippen LogP contribution in [0.1, 0.15) is 10.4 Å². The molecule has 0 aliphatic heterocycles. The summed E-state index contributed by atoms with van der Waals surface area (Å²) in [6, 6.07) is 11.3. The van der Waals surface area contributed by atoms with Crippen molar-refractivity contribution in [2.75, 3.05) is 6.26 Å². The molecule has 21 heavy (non-hydrogen) atoms. The van der Waals surface area contributed by atoms with E-state index in [9.17, 15) is 20.0 Å². The largest absolute Gasteiger partial charge is 0.478 e. The molecule has 7 heteroatoms. The zero-order valence-corrected chi connectivity index (χ0v) is 12.6. The van der Waals surface area contributed by atoms with Crippen molar-refractivity contribution in [1.29, 1.82) is 0 Å². The van der Waals surface area contributed by atoms with Gasteiger partial charge in [0.15, 0.2) is 0 Å². The van der Waals surface area contributed by atoms with Crippen LogP contribution in [0.2, 0.25) is 0 Å². The van der Waals surface area contributed by atoms with Crippen LogP contribution < -0.4 is 0 Å². The van der Waals surface area contributed by atoms with E-state index in [-0.39, 0.29) is 11.3 Å². The number of hydrogen-bond donors (Lipinski definition) is 1. The molecule has 0 fully saturated rings. The normalized spacial score (nSPS) is 10.3. The van der Waals surface area contributed by atoms with Crippen LogP contribution in [0.3, 0.4) is 0 Å². The molecule has 0 heterocycles. The molecule has 0 unspecified atom stereocenters. The summed E-state index contributed by atoms with van der Waals surface area (Å²) < 4.78 is 0. The van der Waals surface area contributed by atoms with Gasteiger partial charge in [-0.15, -0.1) is 11.8 Å². The lowest BCUT2D eigenvalue weighted by Gasteiger charge is -2.09. The lowest BCUT2D eigenvalue weighted by Crippen LogP contribution is -2.01. The average molecular weight is 321 g/mol. The first-order chi connectivity index (χ1) is 10.0. The minimum atomic E-state index is -0.982. The summed E-state index contributed by atoms with van der Waals surface area (Å²) in [5.41, 5.74) is 0.268. The van der Waals surface area contributed by atoms with Gasteiger partial charge in [-0.2, -0.15) is 0 Å². The van der Waals surface area contributed by atoms with Crippen LogP contribution in [-0.2, 0) is 0 Å². The SMILES string of the molecule is CSc1cccc(Sc2ccc([N+](=O)[O-])cc2)c1C(=O)O. The molecule has 0 atom stereocenters. The molecule has 0 aliphatic rings. The van der Waals surface area contributed by atoms with Crippen LogP contribution >= 0.6 is 23.5 Å². The topological polar surface area (TPSA) is 80.4 Å². The van der Waals surface area contributed by atoms with E-state index >= 15 is 0 Å². The molecule has 0 bridgehead atoms. The number of benzene rings is 2. The van der Waals surface area contributed by atoms with Gasteiger partial charge in [-0.1, -0.05) is 17.8 Å². The van der Waals surface area contributed by atoms with E-state index < -0.39 is 10.9 Å². The van der Waals surface area contributed by atoms with Crippen molar-refractivity contribution in [2.45, 2.75) is 14.7 Å². The summed E-state index contributed by atoms with van der Waals surface area (Å²) in [4.78, 5) is 23.6. The summed E-state index contributed by atoms with van der Waals surface area (Å²) in [6.07, 6.45) is 1.82. The highest BCUT2D eigenvalue weighted by molar-refractivity contribution is 8.00. The van der Waals surface area contributed by atoms with Crippen LogP contribution in [0.4, 0.5) is 5.69 Å². The monoisotopic (exact) mass is 321 g/mol. The third kappa shape index (κ3) is 3.56. The van der Waals surface area contributed by atoms with Crippen LogP contribution in [0, 0.1) is 10.1 Å². The summed E-state index contributed by atoms with van der Waals surface area (Å²) >= 11 is 2.65. The number of hydrogen-bond acceptors (Lipinski definition) is 5. The van der Waals surface area contributed by atoms with E-state index in [0.29, 0.717) is 9.79 Å². The first-order valence-corrected chi connectivity index (χ1v) is 7.89. The highest BCUT2D eigenvalue weighted by Gasteiger charge is 2.16. The van der Waals surface area contributed by atoms with Crippen molar-refractivity contribution < 1.29 is 14.8 Å². The molecule has 5 nitrogen and oxygen atoms in total. The molecule has 1 N–H and O–H groups in total. The number of carbonyl (C=O) groups is 1. The first kappa shape index (κ1) is 15.4. The summed E-state index contributed by atoms with van der Waals surface area (Å²) in [5.74, 6) is -0.982. The number of thioether (sulfide) groups is 1. The van der Waals surface area contributed by atoms with Crippen LogP contribution in [0.15, 0.2) is 57.2 Å². The van der Waals surface area contributed by atoms with Gasteiger partial charge in [-0.05, 0) is 30.5 Å². The maximum absolute atomic E-state index is 11.4. The number of nitrogens with zero attached hydrogens (tertiary/aromatic N) is 1. The second-order valence-corrected chi connectivity index (χ2v) is 5.96. The number of nitro groups is 1. The predicted octanol–water partition coefficient (Wildman–Crippen LogP) is 4.17. The minimum absolute atomic E-state index is 0.00988. The third-order valence-electron chi connectivity index (χ3n) is 2.70. The second-order valence-electron chi connectivity index (χ2n) is 3.99. The Morgan fingerprint density at radius 1 is 1.14 bits per heavy atom. The van der Waals surface area contributed by atoms with E-state index in [0.717, 1.165) is 4.90 Å². The van der Waals surface area contributed by atoms with Crippen LogP contribution in [0.5, 0.6) is 0 Å². The van der Waals surface area contributed by atoms with Gasteiger partial charge in [0, 0.05) is 26.8 Å². The van der Waals surface area contributed by atoms with Crippen molar-refractivity contribution in [3.05, 3.63) is 58.1 Å². The number of rotatable bonds is 5. The zero-order valence-electron chi connectivity index (χ0n) is 11.0. The maximum atomic E-state index is 11.4. The molecule has 108 valence electrons. The summed E-state index contributed by atoms with van der Waals surface area (Å²) in [5, 5.41) is 20.0. The second kappa shape index (κ2) is 6.64. The zero-order chi connectivity index (χ0) is 15.4. The van der Waals surface area contributed by atoms with Gasteiger partial charge >= 0.3 is 5.97 Å². The Morgan fingerprint density at radius 3 is 2.29 bits per heavy atom. The Bertz CT molecular complexity index is 686. The van der Waals surface area contributed by atoms with E-state index in [4.69, 9.17) is 0 Å². The molecule has 0 amide bonds. The number of nitro benzene ring substituents is 1. The molecule has 0 aliphatic carbocycles. The predicted molar refractivity (Wildman–Crippen MR) is 82.4 cm³/mol. The maximum Gasteiger partial charge on any atom is 0.337 e. The lowest BCUT2D eigenvalue weighted by atomic mass is 10.2. The van der Waals surface area contributed by atoms with E-state index in [1.54, 1.807) is 30.3 Å². The van der Waals surface area contributed by atoms with Gasteiger partial charge in [0.2, 0.25) is 0 Å². The van der Waals surface area contributed by atoms with Crippen molar-refractivity contribution in [1.82, 2.24) is 0 Å². The number of non-ortho nitro benzene ring substituents is 1. The minimum Gasteiger partial charge on any atom is -0.478 e. The third-order valence-corrected chi connectivity index (χ3v) is 4.55. The highest BCUT2D eigenvalue weighted by Crippen LogP contribution is 2.35. The van der Waals surface area contributed by atoms with Crippen molar-refractivity contribution in [2.24, 2.45) is 0 Å². The molecule has 0 saturated carbocycles. The number of aromatic carboxylic acids is 1. The fourth-order valence-electron chi connectivity index (χ4n) is 1.74. The van der Waals surface area contributed by atoms with Crippen molar-refractivity contribution in [3.8, 4) is 0 Å². The van der Waals surface area contributed by atoms with Crippen molar-refractivity contribution >= 4 is 35.2 Å². The Kier molecular flexibility index (Phi) is 4.87. The fraction of sp³-hybridized carbons (Fsp3) is 0.0714. The Balaban J connectivity index is 2.35. The molecule has 2 aromatic carbocycles. The molecule has 2 rings (SSSR count). The lowest BCUT2D eigenvalue weighted by molar-refractivity contribution is -0.384. The standard InChI is InChI=1S/C14H11NO4S2/c1-20-11-3-2-4-12(13(11)14(16)17)21-10-7-5-9(6-8-10)15(18)19/h2-8H,1H3,(H,16,17). The number of carboxylic acid groups (broad SMARTS) is 1. The summed E-state index contributed by atoms with van der Waals surface area (Å²) in [7, 11) is 0. The molecule has 0 radical (unpaired) electrons. The van der Waals surface area contributed by atoms with Gasteiger partial charge in [0.1, 0.15) is 0 Å². The van der Waals surface area contributed by atoms with Gasteiger partial charge < -0.3 is 5.11 Å². The van der Waals surface area contributed by atoms with Crippen LogP contribution in [0.25, 0.3) is 0 Å². The van der Waals surface area contributed by atoms with Gasteiger partial charge in [0.05, 0.1) is 10.5 Å². The van der Waals surface area contributed by atoms with Gasteiger partial charge in [-0.25, -0.2) is 4.79 Å². The fourth-order valence-corrected chi connectivity index (χ4v) is 3.39. The Morgan fingerprint density at radius 2 is 1.76 bits per heavy atom. The summed E-state index contributed by atoms with van der Waals surface area (Å²) in [6.45, 7) is 0. The average Bonchev–Trinajstić information content (AvgIpc) is 2.47. The molecular formula is C14H11NO4S2.